The third-order valence-electron chi connectivity index (χ3n) is 3.30. The van der Waals surface area contributed by atoms with Crippen molar-refractivity contribution in [2.45, 2.75) is 27.0 Å². The van der Waals surface area contributed by atoms with Gasteiger partial charge in [0.2, 0.25) is 0 Å². The van der Waals surface area contributed by atoms with Gasteiger partial charge in [-0.05, 0) is 58.7 Å². The minimum absolute atomic E-state index is 0.237. The zero-order chi connectivity index (χ0) is 15.2. The maximum absolute atomic E-state index is 13.3. The van der Waals surface area contributed by atoms with E-state index in [1.165, 1.54) is 12.1 Å². The Morgan fingerprint density at radius 1 is 1.19 bits per heavy atom. The normalized spacial score (nSPS) is 10.7. The maximum atomic E-state index is 13.3. The highest BCUT2D eigenvalue weighted by Gasteiger charge is 2.09. The molecule has 0 fully saturated rings. The number of hydrogen-bond acceptors (Lipinski definition) is 2. The SMILES string of the molecule is CCNCc1cccc(Br)c1OCc1cc(F)ccc1C. The molecule has 0 aromatic heterocycles. The molecule has 0 bridgehead atoms. The van der Waals surface area contributed by atoms with Crippen molar-refractivity contribution in [3.05, 3.63) is 63.4 Å². The molecule has 112 valence electrons. The fraction of sp³-hybridized carbons (Fsp3) is 0.294. The lowest BCUT2D eigenvalue weighted by atomic mass is 10.1. The lowest BCUT2D eigenvalue weighted by molar-refractivity contribution is 0.299. The number of benzene rings is 2. The van der Waals surface area contributed by atoms with Crippen LogP contribution in [0.2, 0.25) is 0 Å². The van der Waals surface area contributed by atoms with Gasteiger partial charge in [0, 0.05) is 12.1 Å². The van der Waals surface area contributed by atoms with E-state index in [4.69, 9.17) is 4.74 Å². The van der Waals surface area contributed by atoms with Crippen molar-refractivity contribution < 1.29 is 9.13 Å². The van der Waals surface area contributed by atoms with E-state index in [2.05, 4.69) is 28.2 Å². The molecular weight excluding hydrogens is 333 g/mol. The molecule has 2 rings (SSSR count). The van der Waals surface area contributed by atoms with Gasteiger partial charge in [0.15, 0.2) is 0 Å². The minimum Gasteiger partial charge on any atom is -0.487 e. The van der Waals surface area contributed by atoms with Crippen molar-refractivity contribution in [3.63, 3.8) is 0 Å². The number of aryl methyl sites for hydroxylation is 1. The predicted molar refractivity (Wildman–Crippen MR) is 87.0 cm³/mol. The highest BCUT2D eigenvalue weighted by atomic mass is 79.9. The highest BCUT2D eigenvalue weighted by Crippen LogP contribution is 2.30. The molecule has 21 heavy (non-hydrogen) atoms. The summed E-state index contributed by atoms with van der Waals surface area (Å²) in [5.74, 6) is 0.571. The molecule has 4 heteroatoms. The summed E-state index contributed by atoms with van der Waals surface area (Å²) in [5, 5.41) is 3.29. The van der Waals surface area contributed by atoms with Crippen LogP contribution in [0, 0.1) is 12.7 Å². The van der Waals surface area contributed by atoms with Gasteiger partial charge in [-0.3, -0.25) is 0 Å². The van der Waals surface area contributed by atoms with Gasteiger partial charge >= 0.3 is 0 Å². The van der Waals surface area contributed by atoms with Gasteiger partial charge in [-0.1, -0.05) is 25.1 Å². The van der Waals surface area contributed by atoms with E-state index < -0.39 is 0 Å². The fourth-order valence-corrected chi connectivity index (χ4v) is 2.58. The van der Waals surface area contributed by atoms with Crippen molar-refractivity contribution in [2.24, 2.45) is 0 Å². The lowest BCUT2D eigenvalue weighted by Crippen LogP contribution is -2.13. The Balaban J connectivity index is 2.17. The summed E-state index contributed by atoms with van der Waals surface area (Å²) in [7, 11) is 0. The molecule has 2 aromatic rings. The summed E-state index contributed by atoms with van der Waals surface area (Å²) in [4.78, 5) is 0. The van der Waals surface area contributed by atoms with E-state index in [9.17, 15) is 4.39 Å². The first-order chi connectivity index (χ1) is 10.1. The van der Waals surface area contributed by atoms with Crippen LogP contribution in [0.25, 0.3) is 0 Å². The Hall–Kier alpha value is -1.39. The molecule has 1 N–H and O–H groups in total. The number of nitrogens with one attached hydrogen (secondary N) is 1. The van der Waals surface area contributed by atoms with E-state index in [0.717, 1.165) is 40.0 Å². The number of hydrogen-bond donors (Lipinski definition) is 1. The lowest BCUT2D eigenvalue weighted by Gasteiger charge is -2.15. The van der Waals surface area contributed by atoms with E-state index in [1.54, 1.807) is 6.07 Å². The van der Waals surface area contributed by atoms with Crippen molar-refractivity contribution in [1.82, 2.24) is 5.32 Å². The molecule has 0 aliphatic carbocycles. The zero-order valence-electron chi connectivity index (χ0n) is 12.2. The second kappa shape index (κ2) is 7.57. The van der Waals surface area contributed by atoms with Crippen molar-refractivity contribution in [3.8, 4) is 5.75 Å². The van der Waals surface area contributed by atoms with Crippen molar-refractivity contribution >= 4 is 15.9 Å². The van der Waals surface area contributed by atoms with Gasteiger partial charge in [0.05, 0.1) is 4.47 Å². The van der Waals surface area contributed by atoms with Crippen LogP contribution in [0.4, 0.5) is 4.39 Å². The van der Waals surface area contributed by atoms with Crippen LogP contribution in [0.1, 0.15) is 23.6 Å². The standard InChI is InChI=1S/C17H19BrFNO/c1-3-20-10-13-5-4-6-16(18)17(13)21-11-14-9-15(19)8-7-12(14)2/h4-9,20H,3,10-11H2,1-2H3. The largest absolute Gasteiger partial charge is 0.487 e. The number of halogens is 2. The second-order valence-electron chi connectivity index (χ2n) is 4.87. The molecule has 0 spiro atoms. The number of para-hydroxylation sites is 1. The van der Waals surface area contributed by atoms with Crippen LogP contribution < -0.4 is 10.1 Å². The second-order valence-corrected chi connectivity index (χ2v) is 5.72. The summed E-state index contributed by atoms with van der Waals surface area (Å²) in [6, 6.07) is 10.7. The molecule has 0 unspecified atom stereocenters. The van der Waals surface area contributed by atoms with Gasteiger partial charge in [-0.25, -0.2) is 4.39 Å². The molecule has 0 amide bonds. The van der Waals surface area contributed by atoms with Gasteiger partial charge in [0.25, 0.3) is 0 Å². The quantitative estimate of drug-likeness (QED) is 0.821. The highest BCUT2D eigenvalue weighted by molar-refractivity contribution is 9.10. The van der Waals surface area contributed by atoms with E-state index in [1.807, 2.05) is 25.1 Å². The smallest absolute Gasteiger partial charge is 0.138 e. The van der Waals surface area contributed by atoms with Gasteiger partial charge < -0.3 is 10.1 Å². The van der Waals surface area contributed by atoms with Crippen LogP contribution in [0.3, 0.4) is 0 Å². The third-order valence-corrected chi connectivity index (χ3v) is 3.92. The molecule has 0 saturated carbocycles. The molecular formula is C17H19BrFNO. The third kappa shape index (κ3) is 4.29. The van der Waals surface area contributed by atoms with Crippen molar-refractivity contribution in [1.29, 1.82) is 0 Å². The monoisotopic (exact) mass is 351 g/mol. The van der Waals surface area contributed by atoms with Crippen LogP contribution in [0.5, 0.6) is 5.75 Å². The Kier molecular flexibility index (Phi) is 5.76. The summed E-state index contributed by atoms with van der Waals surface area (Å²) >= 11 is 3.52. The first kappa shape index (κ1) is 16.0. The number of ether oxygens (including phenoxy) is 1. The Morgan fingerprint density at radius 3 is 2.76 bits per heavy atom. The van der Waals surface area contributed by atoms with Crippen molar-refractivity contribution in [2.75, 3.05) is 6.54 Å². The Morgan fingerprint density at radius 2 is 2.00 bits per heavy atom. The van der Waals surface area contributed by atoms with Crippen LogP contribution in [0.15, 0.2) is 40.9 Å². The molecule has 0 aliphatic rings. The molecule has 0 atom stereocenters. The first-order valence-electron chi connectivity index (χ1n) is 6.97. The molecule has 0 radical (unpaired) electrons. The van der Waals surface area contributed by atoms with E-state index in [-0.39, 0.29) is 5.82 Å². The summed E-state index contributed by atoms with van der Waals surface area (Å²) in [5.41, 5.74) is 2.97. The topological polar surface area (TPSA) is 21.3 Å². The molecule has 0 aliphatic heterocycles. The Labute approximate surface area is 133 Å². The molecule has 2 aromatic carbocycles. The van der Waals surface area contributed by atoms with Crippen LogP contribution >= 0.6 is 15.9 Å². The van der Waals surface area contributed by atoms with Gasteiger partial charge in [0.1, 0.15) is 18.2 Å². The van der Waals surface area contributed by atoms with Gasteiger partial charge in [-0.15, -0.1) is 0 Å². The van der Waals surface area contributed by atoms with Crippen LogP contribution in [-0.4, -0.2) is 6.54 Å². The Bertz CT molecular complexity index is 616. The molecule has 2 nitrogen and oxygen atoms in total. The maximum Gasteiger partial charge on any atom is 0.138 e. The van der Waals surface area contributed by atoms with E-state index >= 15 is 0 Å². The average molecular weight is 352 g/mol. The minimum atomic E-state index is -0.237. The van der Waals surface area contributed by atoms with Gasteiger partial charge in [-0.2, -0.15) is 0 Å². The average Bonchev–Trinajstić information content (AvgIpc) is 2.47. The summed E-state index contributed by atoms with van der Waals surface area (Å²) in [6.45, 7) is 6.01. The van der Waals surface area contributed by atoms with E-state index in [0.29, 0.717) is 6.61 Å². The zero-order valence-corrected chi connectivity index (χ0v) is 13.8. The number of rotatable bonds is 6. The predicted octanol–water partition coefficient (Wildman–Crippen LogP) is 4.59. The molecule has 0 heterocycles. The molecule has 0 saturated heterocycles. The first-order valence-corrected chi connectivity index (χ1v) is 7.77. The summed E-state index contributed by atoms with van der Waals surface area (Å²) < 4.78 is 20.2. The van der Waals surface area contributed by atoms with Crippen LogP contribution in [-0.2, 0) is 13.2 Å². The fourth-order valence-electron chi connectivity index (χ4n) is 2.06. The summed E-state index contributed by atoms with van der Waals surface area (Å²) in [6.07, 6.45) is 0.